The van der Waals surface area contributed by atoms with E-state index in [-0.39, 0.29) is 22.9 Å². The van der Waals surface area contributed by atoms with E-state index in [2.05, 4.69) is 11.9 Å². The maximum absolute atomic E-state index is 13.4. The third-order valence-corrected chi connectivity index (χ3v) is 7.02. The SMILES string of the molecule is CCCCCCCN1C(=O)/C(=C\c2c(Oc3ccccc3OC)nc3ccccn3c2=O)SC1=S. The molecule has 4 rings (SSSR count). The Morgan fingerprint density at radius 2 is 1.77 bits per heavy atom. The number of fused-ring (bicyclic) bond motifs is 1. The number of thioether (sulfide) groups is 1. The lowest BCUT2D eigenvalue weighted by atomic mass is 10.1. The predicted molar refractivity (Wildman–Crippen MR) is 143 cm³/mol. The summed E-state index contributed by atoms with van der Waals surface area (Å²) in [6.45, 7) is 2.74. The van der Waals surface area contributed by atoms with Crippen molar-refractivity contribution >= 4 is 45.9 Å². The number of para-hydroxylation sites is 2. The molecule has 0 bridgehead atoms. The van der Waals surface area contributed by atoms with E-state index in [4.69, 9.17) is 21.7 Å². The summed E-state index contributed by atoms with van der Waals surface area (Å²) in [5.41, 5.74) is 0.257. The first kappa shape index (κ1) is 24.9. The van der Waals surface area contributed by atoms with Crippen molar-refractivity contribution in [2.24, 2.45) is 0 Å². The Labute approximate surface area is 213 Å². The zero-order valence-corrected chi connectivity index (χ0v) is 21.4. The van der Waals surface area contributed by atoms with Crippen LogP contribution in [-0.2, 0) is 4.79 Å². The molecule has 0 unspecified atom stereocenters. The highest BCUT2D eigenvalue weighted by Gasteiger charge is 2.32. The largest absolute Gasteiger partial charge is 0.493 e. The second kappa shape index (κ2) is 11.5. The van der Waals surface area contributed by atoms with Crippen LogP contribution in [-0.4, -0.2) is 38.2 Å². The number of benzene rings is 1. The molecule has 3 heterocycles. The van der Waals surface area contributed by atoms with Crippen LogP contribution in [0.4, 0.5) is 0 Å². The summed E-state index contributed by atoms with van der Waals surface area (Å²) in [4.78, 5) is 33.1. The fourth-order valence-corrected chi connectivity index (χ4v) is 5.08. The molecule has 35 heavy (non-hydrogen) atoms. The van der Waals surface area contributed by atoms with Gasteiger partial charge in [0.2, 0.25) is 5.88 Å². The van der Waals surface area contributed by atoms with Crippen molar-refractivity contribution < 1.29 is 14.3 Å². The fraction of sp³-hybridized carbons (Fsp3) is 0.308. The highest BCUT2D eigenvalue weighted by molar-refractivity contribution is 8.26. The minimum absolute atomic E-state index is 0.0931. The topological polar surface area (TPSA) is 73.1 Å². The Morgan fingerprint density at radius 1 is 1.03 bits per heavy atom. The van der Waals surface area contributed by atoms with Crippen molar-refractivity contribution in [3.8, 4) is 17.4 Å². The molecule has 1 aliphatic rings. The van der Waals surface area contributed by atoms with E-state index in [1.54, 1.807) is 54.6 Å². The van der Waals surface area contributed by atoms with Gasteiger partial charge in [0.15, 0.2) is 11.5 Å². The Bertz CT molecular complexity index is 1340. The number of carbonyl (C=O) groups excluding carboxylic acids is 1. The van der Waals surface area contributed by atoms with Crippen LogP contribution in [0.25, 0.3) is 11.7 Å². The molecule has 182 valence electrons. The molecular weight excluding hydrogens is 482 g/mol. The number of nitrogens with zero attached hydrogens (tertiary/aromatic N) is 3. The molecule has 9 heteroatoms. The van der Waals surface area contributed by atoms with E-state index in [0.29, 0.717) is 32.9 Å². The number of pyridine rings is 1. The van der Waals surface area contributed by atoms with Crippen LogP contribution in [0.1, 0.15) is 44.6 Å². The summed E-state index contributed by atoms with van der Waals surface area (Å²) >= 11 is 6.67. The normalized spacial score (nSPS) is 14.8. The van der Waals surface area contributed by atoms with Gasteiger partial charge >= 0.3 is 0 Å². The molecule has 0 atom stereocenters. The van der Waals surface area contributed by atoms with Gasteiger partial charge in [-0.05, 0) is 36.8 Å². The number of methoxy groups -OCH3 is 1. The number of hydrogen-bond acceptors (Lipinski definition) is 7. The van der Waals surface area contributed by atoms with Crippen LogP contribution >= 0.6 is 24.0 Å². The Hall–Kier alpha value is -3.17. The molecule has 0 N–H and O–H groups in total. The lowest BCUT2D eigenvalue weighted by molar-refractivity contribution is -0.122. The molecule has 1 aromatic carbocycles. The summed E-state index contributed by atoms with van der Waals surface area (Å²) in [5, 5.41) is 0. The molecule has 7 nitrogen and oxygen atoms in total. The summed E-state index contributed by atoms with van der Waals surface area (Å²) in [7, 11) is 1.54. The van der Waals surface area contributed by atoms with Crippen molar-refractivity contribution in [3.05, 3.63) is 69.5 Å². The van der Waals surface area contributed by atoms with Gasteiger partial charge < -0.3 is 9.47 Å². The van der Waals surface area contributed by atoms with Crippen LogP contribution in [0.3, 0.4) is 0 Å². The van der Waals surface area contributed by atoms with Gasteiger partial charge in [0.05, 0.1) is 12.0 Å². The van der Waals surface area contributed by atoms with E-state index < -0.39 is 0 Å². The van der Waals surface area contributed by atoms with E-state index in [9.17, 15) is 9.59 Å². The number of ether oxygens (including phenoxy) is 2. The van der Waals surface area contributed by atoms with E-state index >= 15 is 0 Å². The standard InChI is InChI=1S/C26H27N3O4S2/c1-3-4-5-6-10-16-29-25(31)21(35-26(29)34)17-18-23(33-20-13-8-7-12-19(20)32-2)27-22-14-9-11-15-28(22)24(18)30/h7-9,11-15,17H,3-6,10,16H2,1-2H3/b21-17+. The number of hydrogen-bond donors (Lipinski definition) is 0. The molecule has 1 saturated heterocycles. The molecule has 1 amide bonds. The highest BCUT2D eigenvalue weighted by atomic mass is 32.2. The minimum Gasteiger partial charge on any atom is -0.493 e. The smallest absolute Gasteiger partial charge is 0.269 e. The van der Waals surface area contributed by atoms with Crippen LogP contribution in [0.15, 0.2) is 58.4 Å². The average Bonchev–Trinajstić information content (AvgIpc) is 3.13. The number of unbranched alkanes of at least 4 members (excludes halogenated alkanes) is 4. The minimum atomic E-state index is -0.342. The van der Waals surface area contributed by atoms with Gasteiger partial charge in [-0.15, -0.1) is 0 Å². The van der Waals surface area contributed by atoms with Gasteiger partial charge in [-0.3, -0.25) is 18.9 Å². The van der Waals surface area contributed by atoms with E-state index in [0.717, 1.165) is 19.3 Å². The monoisotopic (exact) mass is 509 g/mol. The van der Waals surface area contributed by atoms with Gasteiger partial charge in [0.25, 0.3) is 11.5 Å². The molecule has 0 radical (unpaired) electrons. The summed E-state index contributed by atoms with van der Waals surface area (Å²) < 4.78 is 13.4. The van der Waals surface area contributed by atoms with Gasteiger partial charge in [-0.25, -0.2) is 0 Å². The Kier molecular flexibility index (Phi) is 8.20. The van der Waals surface area contributed by atoms with Crippen molar-refractivity contribution in [3.63, 3.8) is 0 Å². The zero-order chi connectivity index (χ0) is 24.8. The molecule has 0 saturated carbocycles. The first-order valence-electron chi connectivity index (χ1n) is 11.6. The van der Waals surface area contributed by atoms with Crippen molar-refractivity contribution in [2.45, 2.75) is 39.0 Å². The second-order valence-electron chi connectivity index (χ2n) is 8.07. The van der Waals surface area contributed by atoms with Gasteiger partial charge in [0.1, 0.15) is 15.5 Å². The molecule has 0 aliphatic carbocycles. The van der Waals surface area contributed by atoms with Crippen LogP contribution < -0.4 is 15.0 Å². The number of carbonyl (C=O) groups is 1. The fourth-order valence-electron chi connectivity index (χ4n) is 3.79. The van der Waals surface area contributed by atoms with Crippen LogP contribution in [0.5, 0.6) is 17.4 Å². The molecule has 1 aliphatic heterocycles. The lowest BCUT2D eigenvalue weighted by Gasteiger charge is -2.14. The van der Waals surface area contributed by atoms with Crippen molar-refractivity contribution in [2.75, 3.05) is 13.7 Å². The number of amides is 1. The summed E-state index contributed by atoms with van der Waals surface area (Å²) in [6, 6.07) is 12.4. The first-order valence-corrected chi connectivity index (χ1v) is 12.8. The summed E-state index contributed by atoms with van der Waals surface area (Å²) in [6.07, 6.45) is 8.61. The van der Waals surface area contributed by atoms with Gasteiger partial charge in [-0.1, -0.05) is 74.8 Å². The number of thiocarbonyl (C=S) groups is 1. The molecular formula is C26H27N3O4S2. The van der Waals surface area contributed by atoms with Crippen LogP contribution in [0, 0.1) is 0 Å². The Morgan fingerprint density at radius 3 is 2.54 bits per heavy atom. The second-order valence-corrected chi connectivity index (χ2v) is 9.74. The predicted octanol–water partition coefficient (Wildman–Crippen LogP) is 5.67. The quantitative estimate of drug-likeness (QED) is 0.198. The van der Waals surface area contributed by atoms with Gasteiger partial charge in [0, 0.05) is 12.7 Å². The summed E-state index contributed by atoms with van der Waals surface area (Å²) in [5.74, 6) is 0.811. The number of aromatic nitrogens is 2. The highest BCUT2D eigenvalue weighted by Crippen LogP contribution is 2.35. The maximum Gasteiger partial charge on any atom is 0.269 e. The van der Waals surface area contributed by atoms with Crippen molar-refractivity contribution in [1.29, 1.82) is 0 Å². The molecule has 3 aromatic rings. The maximum atomic E-state index is 13.4. The molecule has 1 fully saturated rings. The third-order valence-electron chi connectivity index (χ3n) is 5.64. The average molecular weight is 510 g/mol. The Balaban J connectivity index is 1.69. The molecule has 2 aromatic heterocycles. The lowest BCUT2D eigenvalue weighted by Crippen LogP contribution is -2.29. The first-order chi connectivity index (χ1) is 17.0. The molecule has 0 spiro atoms. The number of rotatable bonds is 10. The van der Waals surface area contributed by atoms with E-state index in [1.165, 1.54) is 35.1 Å². The van der Waals surface area contributed by atoms with Crippen LogP contribution in [0.2, 0.25) is 0 Å². The van der Waals surface area contributed by atoms with E-state index in [1.807, 2.05) is 6.07 Å². The van der Waals surface area contributed by atoms with Crippen molar-refractivity contribution in [1.82, 2.24) is 14.3 Å². The third kappa shape index (κ3) is 5.57. The zero-order valence-electron chi connectivity index (χ0n) is 19.7. The van der Waals surface area contributed by atoms with Gasteiger partial charge in [-0.2, -0.15) is 4.98 Å².